The Morgan fingerprint density at radius 2 is 2.17 bits per heavy atom. The normalized spacial score (nSPS) is 16.1. The SMILES string of the molecule is Cc1c(OCCC(CF)CNC(=O)O)ccc(F)c1C1OCCO1. The van der Waals surface area contributed by atoms with E-state index in [1.807, 2.05) is 0 Å². The first-order valence-electron chi connectivity index (χ1n) is 7.70. The molecule has 2 rings (SSSR count). The molecule has 1 heterocycles. The van der Waals surface area contributed by atoms with Crippen molar-refractivity contribution in [1.82, 2.24) is 5.32 Å². The average molecular weight is 345 g/mol. The van der Waals surface area contributed by atoms with Crippen molar-refractivity contribution in [3.8, 4) is 5.75 Å². The third-order valence-electron chi connectivity index (χ3n) is 3.81. The fourth-order valence-corrected chi connectivity index (χ4v) is 2.45. The highest BCUT2D eigenvalue weighted by Crippen LogP contribution is 2.33. The van der Waals surface area contributed by atoms with E-state index in [9.17, 15) is 13.6 Å². The number of rotatable bonds is 8. The van der Waals surface area contributed by atoms with Gasteiger partial charge in [-0.2, -0.15) is 0 Å². The molecule has 24 heavy (non-hydrogen) atoms. The van der Waals surface area contributed by atoms with E-state index in [0.717, 1.165) is 0 Å². The lowest BCUT2D eigenvalue weighted by atomic mass is 10.1. The van der Waals surface area contributed by atoms with E-state index >= 15 is 0 Å². The minimum Gasteiger partial charge on any atom is -0.493 e. The zero-order chi connectivity index (χ0) is 17.5. The van der Waals surface area contributed by atoms with Gasteiger partial charge in [-0.3, -0.25) is 4.39 Å². The van der Waals surface area contributed by atoms with Crippen LogP contribution in [0, 0.1) is 18.7 Å². The number of nitrogens with one attached hydrogen (secondary N) is 1. The van der Waals surface area contributed by atoms with Crippen molar-refractivity contribution in [2.24, 2.45) is 5.92 Å². The first kappa shape index (κ1) is 18.4. The number of hydrogen-bond donors (Lipinski definition) is 2. The van der Waals surface area contributed by atoms with Crippen LogP contribution in [0.15, 0.2) is 12.1 Å². The summed E-state index contributed by atoms with van der Waals surface area (Å²) in [4.78, 5) is 10.4. The molecule has 134 valence electrons. The first-order chi connectivity index (χ1) is 11.5. The molecule has 1 aliphatic rings. The summed E-state index contributed by atoms with van der Waals surface area (Å²) in [5, 5.41) is 10.7. The smallest absolute Gasteiger partial charge is 0.404 e. The van der Waals surface area contributed by atoms with Crippen LogP contribution in [-0.2, 0) is 9.47 Å². The maximum Gasteiger partial charge on any atom is 0.404 e. The van der Waals surface area contributed by atoms with Crippen molar-refractivity contribution < 1.29 is 32.9 Å². The second-order valence-corrected chi connectivity index (χ2v) is 5.50. The molecule has 1 saturated heterocycles. The number of carboxylic acid groups (broad SMARTS) is 1. The van der Waals surface area contributed by atoms with Crippen molar-refractivity contribution in [3.05, 3.63) is 29.1 Å². The van der Waals surface area contributed by atoms with E-state index in [-0.39, 0.29) is 13.2 Å². The maximum atomic E-state index is 14.0. The van der Waals surface area contributed by atoms with E-state index in [1.54, 1.807) is 6.92 Å². The Bertz CT molecular complexity index is 564. The van der Waals surface area contributed by atoms with Gasteiger partial charge >= 0.3 is 6.09 Å². The van der Waals surface area contributed by atoms with Gasteiger partial charge in [-0.1, -0.05) is 0 Å². The first-order valence-corrected chi connectivity index (χ1v) is 7.70. The highest BCUT2D eigenvalue weighted by molar-refractivity contribution is 5.64. The Balaban J connectivity index is 1.94. The molecule has 1 aromatic carbocycles. The van der Waals surface area contributed by atoms with Gasteiger partial charge in [0.25, 0.3) is 0 Å². The fourth-order valence-electron chi connectivity index (χ4n) is 2.45. The molecule has 0 spiro atoms. The van der Waals surface area contributed by atoms with Crippen LogP contribution in [0.5, 0.6) is 5.75 Å². The minimum absolute atomic E-state index is 0.0204. The van der Waals surface area contributed by atoms with Crippen molar-refractivity contribution in [2.75, 3.05) is 33.0 Å². The molecule has 1 unspecified atom stereocenters. The molecule has 8 heteroatoms. The largest absolute Gasteiger partial charge is 0.493 e. The monoisotopic (exact) mass is 345 g/mol. The standard InChI is InChI=1S/C16H21F2NO5/c1-10-13(22-5-4-11(8-17)9-19-16(20)21)3-2-12(18)14(10)15-23-6-7-24-15/h2-3,11,15,19H,4-9H2,1H3,(H,20,21). The van der Waals surface area contributed by atoms with Gasteiger partial charge in [-0.15, -0.1) is 0 Å². The molecule has 0 saturated carbocycles. The Hall–Kier alpha value is -1.93. The van der Waals surface area contributed by atoms with Crippen molar-refractivity contribution in [2.45, 2.75) is 19.6 Å². The summed E-state index contributed by atoms with van der Waals surface area (Å²) in [7, 11) is 0. The van der Waals surface area contributed by atoms with Gasteiger partial charge in [0.15, 0.2) is 6.29 Å². The molecule has 6 nitrogen and oxygen atoms in total. The van der Waals surface area contributed by atoms with Gasteiger partial charge in [0.1, 0.15) is 11.6 Å². The number of ether oxygens (including phenoxy) is 3. The van der Waals surface area contributed by atoms with E-state index < -0.39 is 30.8 Å². The van der Waals surface area contributed by atoms with Crippen LogP contribution < -0.4 is 10.1 Å². The third-order valence-corrected chi connectivity index (χ3v) is 3.81. The van der Waals surface area contributed by atoms with Gasteiger partial charge < -0.3 is 24.6 Å². The van der Waals surface area contributed by atoms with Crippen LogP contribution in [0.3, 0.4) is 0 Å². The lowest BCUT2D eigenvalue weighted by Crippen LogP contribution is -2.29. The second kappa shape index (κ2) is 8.79. The number of amides is 1. The quantitative estimate of drug-likeness (QED) is 0.758. The molecular weight excluding hydrogens is 324 g/mol. The van der Waals surface area contributed by atoms with Crippen LogP contribution in [0.4, 0.5) is 13.6 Å². The number of halogens is 2. The predicted octanol–water partition coefficient (Wildman–Crippen LogP) is 2.80. The average Bonchev–Trinajstić information content (AvgIpc) is 3.06. The summed E-state index contributed by atoms with van der Waals surface area (Å²) < 4.78 is 43.2. The number of benzene rings is 1. The van der Waals surface area contributed by atoms with Crippen LogP contribution >= 0.6 is 0 Å². The molecule has 0 aromatic heterocycles. The van der Waals surface area contributed by atoms with Crippen LogP contribution in [0.25, 0.3) is 0 Å². The molecular formula is C16H21F2NO5. The number of hydrogen-bond acceptors (Lipinski definition) is 4. The molecule has 1 amide bonds. The Morgan fingerprint density at radius 3 is 2.79 bits per heavy atom. The van der Waals surface area contributed by atoms with E-state index in [0.29, 0.717) is 36.5 Å². The molecule has 0 radical (unpaired) electrons. The van der Waals surface area contributed by atoms with Crippen molar-refractivity contribution >= 4 is 6.09 Å². The Labute approximate surface area is 138 Å². The summed E-state index contributed by atoms with van der Waals surface area (Å²) in [5.41, 5.74) is 0.877. The molecule has 1 aliphatic heterocycles. The summed E-state index contributed by atoms with van der Waals surface area (Å²) in [6.45, 7) is 2.08. The molecule has 1 fully saturated rings. The summed E-state index contributed by atoms with van der Waals surface area (Å²) in [5.74, 6) is -0.434. The number of alkyl halides is 1. The fraction of sp³-hybridized carbons (Fsp3) is 0.562. The van der Waals surface area contributed by atoms with Crippen LogP contribution in [0.2, 0.25) is 0 Å². The zero-order valence-corrected chi connectivity index (χ0v) is 13.4. The van der Waals surface area contributed by atoms with Gasteiger partial charge in [-0.05, 0) is 25.5 Å². The van der Waals surface area contributed by atoms with Crippen LogP contribution in [0.1, 0.15) is 23.8 Å². The third kappa shape index (κ3) is 4.78. The summed E-state index contributed by atoms with van der Waals surface area (Å²) in [6, 6.07) is 2.78. The molecule has 0 bridgehead atoms. The van der Waals surface area contributed by atoms with Crippen LogP contribution in [-0.4, -0.2) is 44.2 Å². The zero-order valence-electron chi connectivity index (χ0n) is 13.4. The van der Waals surface area contributed by atoms with Gasteiger partial charge in [-0.25, -0.2) is 9.18 Å². The lowest BCUT2D eigenvalue weighted by molar-refractivity contribution is -0.0470. The minimum atomic E-state index is -1.19. The van der Waals surface area contributed by atoms with E-state index in [2.05, 4.69) is 5.32 Å². The van der Waals surface area contributed by atoms with Crippen molar-refractivity contribution in [1.29, 1.82) is 0 Å². The van der Waals surface area contributed by atoms with Gasteiger partial charge in [0.05, 0.1) is 32.1 Å². The lowest BCUT2D eigenvalue weighted by Gasteiger charge is -2.18. The summed E-state index contributed by atoms with van der Waals surface area (Å²) >= 11 is 0. The van der Waals surface area contributed by atoms with Crippen molar-refractivity contribution in [3.63, 3.8) is 0 Å². The molecule has 0 aliphatic carbocycles. The topological polar surface area (TPSA) is 77.0 Å². The highest BCUT2D eigenvalue weighted by atomic mass is 19.1. The van der Waals surface area contributed by atoms with E-state index in [1.165, 1.54) is 12.1 Å². The molecule has 2 N–H and O–H groups in total. The summed E-state index contributed by atoms with van der Waals surface area (Å²) in [6.07, 6.45) is -1.60. The van der Waals surface area contributed by atoms with Gasteiger partial charge in [0, 0.05) is 18.0 Å². The predicted molar refractivity (Wildman–Crippen MR) is 81.4 cm³/mol. The maximum absolute atomic E-state index is 14.0. The van der Waals surface area contributed by atoms with Gasteiger partial charge in [0.2, 0.25) is 0 Å². The second-order valence-electron chi connectivity index (χ2n) is 5.50. The van der Waals surface area contributed by atoms with E-state index in [4.69, 9.17) is 19.3 Å². The Kier molecular flexibility index (Phi) is 6.74. The molecule has 1 aromatic rings. The number of carbonyl (C=O) groups is 1. The Morgan fingerprint density at radius 1 is 1.46 bits per heavy atom. The highest BCUT2D eigenvalue weighted by Gasteiger charge is 2.25. The molecule has 1 atom stereocenters.